The molecule has 1 aliphatic heterocycles. The maximum absolute atomic E-state index is 11.8. The van der Waals surface area contributed by atoms with Crippen molar-refractivity contribution in [3.05, 3.63) is 26.2 Å². The van der Waals surface area contributed by atoms with Gasteiger partial charge >= 0.3 is 5.97 Å². The number of carbonyl (C=O) groups is 2. The number of carboxylic acids is 1. The number of amides is 1. The summed E-state index contributed by atoms with van der Waals surface area (Å²) in [7, 11) is 0. The molecule has 4 nitrogen and oxygen atoms in total. The first-order valence-electron chi connectivity index (χ1n) is 4.97. The highest BCUT2D eigenvalue weighted by atomic mass is 127. The molecular formula is C11H9BrINO3. The minimum Gasteiger partial charge on any atom is -0.481 e. The van der Waals surface area contributed by atoms with Gasteiger partial charge in [0.2, 0.25) is 5.91 Å². The first-order chi connectivity index (χ1) is 7.99. The van der Waals surface area contributed by atoms with E-state index in [-0.39, 0.29) is 18.9 Å². The molecule has 1 aromatic rings. The van der Waals surface area contributed by atoms with Gasteiger partial charge in [-0.3, -0.25) is 9.59 Å². The Morgan fingerprint density at radius 1 is 1.53 bits per heavy atom. The third-order valence-corrected chi connectivity index (χ3v) is 4.08. The molecule has 1 saturated heterocycles. The number of benzene rings is 1. The number of hydrogen-bond donors (Lipinski definition) is 1. The van der Waals surface area contributed by atoms with Crippen LogP contribution in [0.2, 0.25) is 0 Å². The van der Waals surface area contributed by atoms with E-state index in [2.05, 4.69) is 38.5 Å². The fourth-order valence-electron chi connectivity index (χ4n) is 1.80. The van der Waals surface area contributed by atoms with Crippen LogP contribution in [0.5, 0.6) is 0 Å². The Kier molecular flexibility index (Phi) is 3.72. The largest absolute Gasteiger partial charge is 0.481 e. The van der Waals surface area contributed by atoms with Crippen LogP contribution in [0, 0.1) is 9.49 Å². The Morgan fingerprint density at radius 3 is 2.82 bits per heavy atom. The van der Waals surface area contributed by atoms with E-state index in [0.29, 0.717) is 0 Å². The molecule has 0 aromatic heterocycles. The lowest BCUT2D eigenvalue weighted by Crippen LogP contribution is -2.26. The molecule has 0 saturated carbocycles. The van der Waals surface area contributed by atoms with Gasteiger partial charge in [-0.2, -0.15) is 0 Å². The van der Waals surface area contributed by atoms with Gasteiger partial charge in [-0.15, -0.1) is 0 Å². The molecule has 1 heterocycles. The lowest BCUT2D eigenvalue weighted by molar-refractivity contribution is -0.141. The average Bonchev–Trinajstić information content (AvgIpc) is 2.64. The summed E-state index contributed by atoms with van der Waals surface area (Å²) < 4.78 is 1.81. The molecule has 1 unspecified atom stereocenters. The second-order valence-corrected chi connectivity index (χ2v) is 5.92. The van der Waals surface area contributed by atoms with Gasteiger partial charge in [-0.25, -0.2) is 0 Å². The van der Waals surface area contributed by atoms with E-state index >= 15 is 0 Å². The van der Waals surface area contributed by atoms with Crippen molar-refractivity contribution in [2.45, 2.75) is 6.42 Å². The van der Waals surface area contributed by atoms with Crippen LogP contribution in [0.1, 0.15) is 6.42 Å². The number of aliphatic carboxylic acids is 1. The Labute approximate surface area is 120 Å². The van der Waals surface area contributed by atoms with Crippen molar-refractivity contribution < 1.29 is 14.7 Å². The Hall–Kier alpha value is -0.630. The molecule has 1 N–H and O–H groups in total. The first kappa shape index (κ1) is 12.8. The van der Waals surface area contributed by atoms with Crippen LogP contribution in [0.15, 0.2) is 22.7 Å². The number of halogens is 2. The summed E-state index contributed by atoms with van der Waals surface area (Å²) >= 11 is 5.49. The van der Waals surface area contributed by atoms with Crippen LogP contribution in [-0.4, -0.2) is 23.5 Å². The van der Waals surface area contributed by atoms with E-state index in [9.17, 15) is 9.59 Å². The number of hydrogen-bond acceptors (Lipinski definition) is 2. The van der Waals surface area contributed by atoms with Crippen LogP contribution in [0.4, 0.5) is 5.69 Å². The molecule has 6 heteroatoms. The van der Waals surface area contributed by atoms with Gasteiger partial charge in [-0.05, 0) is 40.8 Å². The van der Waals surface area contributed by atoms with Gasteiger partial charge in [0.1, 0.15) is 0 Å². The smallest absolute Gasteiger partial charge is 0.308 e. The van der Waals surface area contributed by atoms with E-state index < -0.39 is 11.9 Å². The SMILES string of the molecule is O=C(O)C1CC(=O)N(c2cc(Br)ccc2I)C1. The van der Waals surface area contributed by atoms with Crippen molar-refractivity contribution in [3.8, 4) is 0 Å². The molecule has 0 bridgehead atoms. The summed E-state index contributed by atoms with van der Waals surface area (Å²) in [5, 5.41) is 8.93. The molecule has 1 amide bonds. The summed E-state index contributed by atoms with van der Waals surface area (Å²) in [5.74, 6) is -1.64. The molecule has 90 valence electrons. The Morgan fingerprint density at radius 2 is 2.24 bits per heavy atom. The van der Waals surface area contributed by atoms with Crippen LogP contribution in [0.25, 0.3) is 0 Å². The number of nitrogens with zero attached hydrogens (tertiary/aromatic N) is 1. The van der Waals surface area contributed by atoms with Crippen molar-refractivity contribution in [2.24, 2.45) is 5.92 Å². The van der Waals surface area contributed by atoms with Gasteiger partial charge in [0.25, 0.3) is 0 Å². The first-order valence-corrected chi connectivity index (χ1v) is 6.84. The maximum atomic E-state index is 11.8. The highest BCUT2D eigenvalue weighted by Gasteiger charge is 2.35. The van der Waals surface area contributed by atoms with Gasteiger partial charge in [0.15, 0.2) is 0 Å². The molecular weight excluding hydrogens is 401 g/mol. The highest BCUT2D eigenvalue weighted by Crippen LogP contribution is 2.31. The lowest BCUT2D eigenvalue weighted by atomic mass is 10.1. The monoisotopic (exact) mass is 409 g/mol. The quantitative estimate of drug-likeness (QED) is 0.763. The Balaban J connectivity index is 2.32. The van der Waals surface area contributed by atoms with Gasteiger partial charge in [0.05, 0.1) is 11.6 Å². The molecule has 0 aliphatic carbocycles. The van der Waals surface area contributed by atoms with E-state index in [1.54, 1.807) is 4.90 Å². The molecule has 17 heavy (non-hydrogen) atoms. The zero-order chi connectivity index (χ0) is 12.6. The van der Waals surface area contributed by atoms with Crippen molar-refractivity contribution >= 4 is 56.1 Å². The highest BCUT2D eigenvalue weighted by molar-refractivity contribution is 14.1. The van der Waals surface area contributed by atoms with Crippen LogP contribution in [-0.2, 0) is 9.59 Å². The summed E-state index contributed by atoms with van der Waals surface area (Å²) in [6.07, 6.45) is 0.0813. The van der Waals surface area contributed by atoms with Crippen molar-refractivity contribution in [2.75, 3.05) is 11.4 Å². The summed E-state index contributed by atoms with van der Waals surface area (Å²) in [6.45, 7) is 0.251. The summed E-state index contributed by atoms with van der Waals surface area (Å²) in [5.41, 5.74) is 0.772. The lowest BCUT2D eigenvalue weighted by Gasteiger charge is -2.18. The van der Waals surface area contributed by atoms with Crippen LogP contribution >= 0.6 is 38.5 Å². The number of anilines is 1. The third-order valence-electron chi connectivity index (χ3n) is 2.67. The zero-order valence-corrected chi connectivity index (χ0v) is 12.4. The summed E-state index contributed by atoms with van der Waals surface area (Å²) in [6, 6.07) is 5.62. The molecule has 2 rings (SSSR count). The second kappa shape index (κ2) is 4.93. The van der Waals surface area contributed by atoms with Crippen molar-refractivity contribution in [3.63, 3.8) is 0 Å². The summed E-state index contributed by atoms with van der Waals surface area (Å²) in [4.78, 5) is 24.2. The second-order valence-electron chi connectivity index (χ2n) is 3.84. The standard InChI is InChI=1S/C11H9BrINO3/c12-7-1-2-8(13)9(4-7)14-5-6(11(16)17)3-10(14)15/h1-2,4,6H,3,5H2,(H,16,17). The molecule has 1 aliphatic rings. The van der Waals surface area contributed by atoms with E-state index in [1.165, 1.54) is 0 Å². The van der Waals surface area contributed by atoms with Crippen LogP contribution in [0.3, 0.4) is 0 Å². The number of carbonyl (C=O) groups excluding carboxylic acids is 1. The number of rotatable bonds is 2. The Bertz CT molecular complexity index is 492. The zero-order valence-electron chi connectivity index (χ0n) is 8.69. The normalized spacial score (nSPS) is 19.8. The molecule has 1 atom stereocenters. The van der Waals surface area contributed by atoms with Gasteiger partial charge in [0, 0.05) is 21.0 Å². The average molecular weight is 410 g/mol. The maximum Gasteiger partial charge on any atom is 0.308 e. The fourth-order valence-corrected chi connectivity index (χ4v) is 2.77. The predicted molar refractivity (Wildman–Crippen MR) is 75.0 cm³/mol. The molecule has 0 spiro atoms. The fraction of sp³-hybridized carbons (Fsp3) is 0.273. The molecule has 0 radical (unpaired) electrons. The van der Waals surface area contributed by atoms with Crippen molar-refractivity contribution in [1.29, 1.82) is 0 Å². The van der Waals surface area contributed by atoms with E-state index in [1.807, 2.05) is 18.2 Å². The van der Waals surface area contributed by atoms with E-state index in [0.717, 1.165) is 13.7 Å². The predicted octanol–water partition coefficient (Wildman–Crippen LogP) is 2.49. The number of carboxylic acid groups (broad SMARTS) is 1. The van der Waals surface area contributed by atoms with E-state index in [4.69, 9.17) is 5.11 Å². The van der Waals surface area contributed by atoms with Crippen molar-refractivity contribution in [1.82, 2.24) is 0 Å². The van der Waals surface area contributed by atoms with Crippen LogP contribution < -0.4 is 4.90 Å². The molecule has 1 fully saturated rings. The minimum absolute atomic E-state index is 0.0813. The minimum atomic E-state index is -0.911. The van der Waals surface area contributed by atoms with Gasteiger partial charge < -0.3 is 10.0 Å². The third kappa shape index (κ3) is 2.62. The topological polar surface area (TPSA) is 57.6 Å². The van der Waals surface area contributed by atoms with Gasteiger partial charge in [-0.1, -0.05) is 15.9 Å². The molecule has 1 aromatic carbocycles.